The lowest BCUT2D eigenvalue weighted by Gasteiger charge is -2.11. The van der Waals surface area contributed by atoms with Crippen LogP contribution in [0, 0.1) is 10.1 Å². The maximum Gasteiger partial charge on any atom is 0.310 e. The molecule has 104 valence electrons. The van der Waals surface area contributed by atoms with E-state index in [0.29, 0.717) is 6.20 Å². The molecular weight excluding hydrogens is 266 g/mol. The van der Waals surface area contributed by atoms with Gasteiger partial charge in [-0.2, -0.15) is 0 Å². The summed E-state index contributed by atoms with van der Waals surface area (Å²) in [5.41, 5.74) is -2.10. The number of nitrogens with zero attached hydrogens (tertiary/aromatic N) is 2. The number of nitro groups is 1. The van der Waals surface area contributed by atoms with Gasteiger partial charge in [0.2, 0.25) is 5.88 Å². The first-order valence-electron chi connectivity index (χ1n) is 4.97. The monoisotopic (exact) mass is 276 g/mol. The molecular formula is C10H10F2N2O5. The van der Waals surface area contributed by atoms with E-state index in [-0.39, 0.29) is 11.4 Å². The largest absolute Gasteiger partial charge is 0.481 e. The Morgan fingerprint density at radius 2 is 2.16 bits per heavy atom. The summed E-state index contributed by atoms with van der Waals surface area (Å²) >= 11 is 0. The molecule has 0 amide bonds. The van der Waals surface area contributed by atoms with E-state index in [2.05, 4.69) is 9.72 Å². The Labute approximate surface area is 106 Å². The van der Waals surface area contributed by atoms with Crippen molar-refractivity contribution in [1.82, 2.24) is 4.98 Å². The Bertz CT molecular complexity index is 507. The number of methoxy groups -OCH3 is 2. The van der Waals surface area contributed by atoms with Crippen LogP contribution in [0.1, 0.15) is 17.6 Å². The van der Waals surface area contributed by atoms with Crippen LogP contribution in [0.5, 0.6) is 5.88 Å². The van der Waals surface area contributed by atoms with Gasteiger partial charge in [0.05, 0.1) is 25.6 Å². The van der Waals surface area contributed by atoms with Crippen molar-refractivity contribution in [3.63, 3.8) is 0 Å². The third-order valence-corrected chi connectivity index (χ3v) is 2.32. The lowest BCUT2D eigenvalue weighted by molar-refractivity contribution is -0.386. The molecule has 0 aliphatic carbocycles. The number of esters is 1. The third-order valence-electron chi connectivity index (χ3n) is 2.32. The molecule has 0 saturated carbocycles. The van der Waals surface area contributed by atoms with Crippen molar-refractivity contribution in [2.75, 3.05) is 14.2 Å². The van der Waals surface area contributed by atoms with Crippen LogP contribution in [-0.2, 0) is 16.0 Å². The first kappa shape index (κ1) is 14.7. The molecule has 0 bridgehead atoms. The van der Waals surface area contributed by atoms with Gasteiger partial charge < -0.3 is 9.47 Å². The van der Waals surface area contributed by atoms with Crippen molar-refractivity contribution in [2.45, 2.75) is 12.8 Å². The van der Waals surface area contributed by atoms with E-state index in [1.807, 2.05) is 0 Å². The summed E-state index contributed by atoms with van der Waals surface area (Å²) in [6.45, 7) is 0. The van der Waals surface area contributed by atoms with Gasteiger partial charge >= 0.3 is 5.97 Å². The molecule has 1 aromatic rings. The molecule has 1 rings (SSSR count). The highest BCUT2D eigenvalue weighted by Gasteiger charge is 2.30. The maximum absolute atomic E-state index is 13.0. The number of aromatic nitrogens is 1. The minimum atomic E-state index is -3.14. The predicted octanol–water partition coefficient (Wildman–Crippen LogP) is 1.65. The van der Waals surface area contributed by atoms with Crippen molar-refractivity contribution in [2.24, 2.45) is 0 Å². The van der Waals surface area contributed by atoms with Gasteiger partial charge in [0.1, 0.15) is 11.8 Å². The number of halogens is 2. The fraction of sp³-hybridized carbons (Fsp3) is 0.400. The Morgan fingerprint density at radius 1 is 1.53 bits per heavy atom. The summed E-state index contributed by atoms with van der Waals surface area (Å²) < 4.78 is 35.1. The zero-order chi connectivity index (χ0) is 14.6. The van der Waals surface area contributed by atoms with Gasteiger partial charge in [0.15, 0.2) is 0 Å². The zero-order valence-electron chi connectivity index (χ0n) is 10.1. The lowest BCUT2D eigenvalue weighted by Crippen LogP contribution is -2.11. The molecule has 0 aliphatic rings. The number of hydrogen-bond donors (Lipinski definition) is 0. The van der Waals surface area contributed by atoms with Crippen LogP contribution in [0.3, 0.4) is 0 Å². The van der Waals surface area contributed by atoms with Gasteiger partial charge in [-0.05, 0) is 0 Å². The molecule has 0 spiro atoms. The van der Waals surface area contributed by atoms with E-state index in [9.17, 15) is 23.7 Å². The summed E-state index contributed by atoms with van der Waals surface area (Å²) in [4.78, 5) is 24.4. The Balaban J connectivity index is 3.47. The van der Waals surface area contributed by atoms with Crippen LogP contribution in [0.4, 0.5) is 14.5 Å². The smallest absolute Gasteiger partial charge is 0.310 e. The summed E-state index contributed by atoms with van der Waals surface area (Å²) in [5.74, 6) is -1.10. The van der Waals surface area contributed by atoms with Crippen LogP contribution in [0.2, 0.25) is 0 Å². The molecule has 1 aromatic heterocycles. The maximum atomic E-state index is 13.0. The molecule has 1 heterocycles. The Hall–Kier alpha value is -2.32. The average Bonchev–Trinajstić information content (AvgIpc) is 2.37. The molecule has 0 aromatic carbocycles. The second-order valence-electron chi connectivity index (χ2n) is 3.36. The Morgan fingerprint density at radius 3 is 2.58 bits per heavy atom. The van der Waals surface area contributed by atoms with Gasteiger partial charge in [-0.3, -0.25) is 14.9 Å². The quantitative estimate of drug-likeness (QED) is 0.461. The van der Waals surface area contributed by atoms with Gasteiger partial charge in [-0.1, -0.05) is 0 Å². The second kappa shape index (κ2) is 6.03. The molecule has 19 heavy (non-hydrogen) atoms. The topological polar surface area (TPSA) is 91.6 Å². The van der Waals surface area contributed by atoms with Crippen molar-refractivity contribution < 1.29 is 28.0 Å². The predicted molar refractivity (Wildman–Crippen MR) is 58.1 cm³/mol. The summed E-state index contributed by atoms with van der Waals surface area (Å²) in [5, 5.41) is 10.7. The molecule has 0 N–H and O–H groups in total. The molecule has 0 atom stereocenters. The standard InChI is InChI=1S/C10H10F2N2O5/c1-18-7(15)3-5-8(9(11)12)6(14(16)17)4-13-10(5)19-2/h4,9H,3H2,1-2H3. The summed E-state index contributed by atoms with van der Waals surface area (Å²) in [6, 6.07) is 0. The van der Waals surface area contributed by atoms with Crippen molar-refractivity contribution in [1.29, 1.82) is 0 Å². The minimum absolute atomic E-state index is 0.272. The van der Waals surface area contributed by atoms with Crippen LogP contribution in [0.15, 0.2) is 6.20 Å². The van der Waals surface area contributed by atoms with Crippen LogP contribution >= 0.6 is 0 Å². The first-order chi connectivity index (χ1) is 8.92. The molecule has 7 nitrogen and oxygen atoms in total. The van der Waals surface area contributed by atoms with Gasteiger partial charge in [-0.25, -0.2) is 13.8 Å². The van der Waals surface area contributed by atoms with Crippen LogP contribution in [-0.4, -0.2) is 30.1 Å². The van der Waals surface area contributed by atoms with Gasteiger partial charge in [-0.15, -0.1) is 0 Å². The highest BCUT2D eigenvalue weighted by atomic mass is 19.3. The van der Waals surface area contributed by atoms with Crippen LogP contribution in [0.25, 0.3) is 0 Å². The Kier molecular flexibility index (Phi) is 4.67. The number of alkyl halides is 2. The number of hydrogen-bond acceptors (Lipinski definition) is 6. The van der Waals surface area contributed by atoms with Crippen molar-refractivity contribution >= 4 is 11.7 Å². The second-order valence-corrected chi connectivity index (χ2v) is 3.36. The molecule has 0 unspecified atom stereocenters. The van der Waals surface area contributed by atoms with Gasteiger partial charge in [0.25, 0.3) is 12.1 Å². The molecule has 0 aliphatic heterocycles. The number of carbonyl (C=O) groups excluding carboxylic acids is 1. The van der Waals surface area contributed by atoms with E-state index >= 15 is 0 Å². The van der Waals surface area contributed by atoms with E-state index in [1.165, 1.54) is 0 Å². The highest BCUT2D eigenvalue weighted by Crippen LogP contribution is 2.35. The van der Waals surface area contributed by atoms with Crippen LogP contribution < -0.4 is 4.74 Å². The number of ether oxygens (including phenoxy) is 2. The van der Waals surface area contributed by atoms with E-state index in [4.69, 9.17) is 4.74 Å². The van der Waals surface area contributed by atoms with E-state index in [0.717, 1.165) is 14.2 Å². The molecule has 0 fully saturated rings. The zero-order valence-corrected chi connectivity index (χ0v) is 10.1. The van der Waals surface area contributed by atoms with Gasteiger partial charge in [0, 0.05) is 5.56 Å². The first-order valence-corrected chi connectivity index (χ1v) is 4.97. The fourth-order valence-corrected chi connectivity index (χ4v) is 1.49. The molecule has 9 heteroatoms. The third kappa shape index (κ3) is 3.12. The number of pyridine rings is 1. The van der Waals surface area contributed by atoms with Crippen molar-refractivity contribution in [3.05, 3.63) is 27.4 Å². The number of rotatable bonds is 5. The normalized spacial score (nSPS) is 10.4. The summed E-state index contributed by atoms with van der Waals surface area (Å²) in [6.07, 6.45) is -3.06. The fourth-order valence-electron chi connectivity index (χ4n) is 1.49. The minimum Gasteiger partial charge on any atom is -0.481 e. The van der Waals surface area contributed by atoms with Crippen molar-refractivity contribution in [3.8, 4) is 5.88 Å². The average molecular weight is 276 g/mol. The number of carbonyl (C=O) groups is 1. The van der Waals surface area contributed by atoms with E-state index < -0.39 is 35.0 Å². The van der Waals surface area contributed by atoms with E-state index in [1.54, 1.807) is 0 Å². The SMILES string of the molecule is COC(=O)Cc1c(OC)ncc([N+](=O)[O-])c1C(F)F. The molecule has 0 saturated heterocycles. The molecule has 0 radical (unpaired) electrons. The summed E-state index contributed by atoms with van der Waals surface area (Å²) in [7, 11) is 2.23. The highest BCUT2D eigenvalue weighted by molar-refractivity contribution is 5.74. The lowest BCUT2D eigenvalue weighted by atomic mass is 10.1.